The molecule has 0 aliphatic rings. The van der Waals surface area contributed by atoms with E-state index in [0.717, 1.165) is 0 Å². The van der Waals surface area contributed by atoms with Crippen molar-refractivity contribution in [1.82, 2.24) is 5.32 Å². The molecule has 2 N–H and O–H groups in total. The molecular formula is C12H23NO3. The third kappa shape index (κ3) is 6.43. The molecule has 0 aromatic heterocycles. The van der Waals surface area contributed by atoms with Crippen molar-refractivity contribution in [3.63, 3.8) is 0 Å². The smallest absolute Gasteiger partial charge is 0.303 e. The lowest BCUT2D eigenvalue weighted by Crippen LogP contribution is -2.45. The lowest BCUT2D eigenvalue weighted by atomic mass is 9.89. The maximum Gasteiger partial charge on any atom is 0.303 e. The Morgan fingerprint density at radius 1 is 1.25 bits per heavy atom. The number of carboxylic acid groups (broad SMARTS) is 1. The molecular weight excluding hydrogens is 206 g/mol. The standard InChI is InChI=1S/C12H23NO3/c1-8(2)9(6-7-10(14)15)11(16)13-12(3,4)5/h8-9H,6-7H2,1-5H3,(H,13,16)(H,14,15). The Morgan fingerprint density at radius 3 is 2.06 bits per heavy atom. The predicted octanol–water partition coefficient (Wildman–Crippen LogP) is 2.04. The Hall–Kier alpha value is -1.06. The topological polar surface area (TPSA) is 66.4 Å². The van der Waals surface area contributed by atoms with E-state index in [1.165, 1.54) is 0 Å². The average Bonchev–Trinajstić information content (AvgIpc) is 1.98. The molecule has 94 valence electrons. The molecule has 0 rings (SSSR count). The van der Waals surface area contributed by atoms with Crippen LogP contribution in [0.3, 0.4) is 0 Å². The van der Waals surface area contributed by atoms with Gasteiger partial charge in [0.15, 0.2) is 0 Å². The summed E-state index contributed by atoms with van der Waals surface area (Å²) in [5, 5.41) is 11.5. The summed E-state index contributed by atoms with van der Waals surface area (Å²) in [5.74, 6) is -0.977. The third-order valence-corrected chi connectivity index (χ3v) is 2.31. The van der Waals surface area contributed by atoms with Gasteiger partial charge in [0.1, 0.15) is 0 Å². The first-order valence-corrected chi connectivity index (χ1v) is 5.67. The van der Waals surface area contributed by atoms with Crippen LogP contribution < -0.4 is 5.32 Å². The van der Waals surface area contributed by atoms with Crippen LogP contribution >= 0.6 is 0 Å². The molecule has 0 saturated carbocycles. The second-order valence-corrected chi connectivity index (χ2v) is 5.52. The minimum Gasteiger partial charge on any atom is -0.481 e. The van der Waals surface area contributed by atoms with Gasteiger partial charge in [0.05, 0.1) is 0 Å². The Balaban J connectivity index is 4.42. The summed E-state index contributed by atoms with van der Waals surface area (Å²) in [6, 6.07) is 0. The quantitative estimate of drug-likeness (QED) is 0.758. The summed E-state index contributed by atoms with van der Waals surface area (Å²) >= 11 is 0. The van der Waals surface area contributed by atoms with Gasteiger partial charge in [-0.2, -0.15) is 0 Å². The first-order chi connectivity index (χ1) is 7.13. The number of carboxylic acids is 1. The maximum atomic E-state index is 11.9. The molecule has 1 amide bonds. The first kappa shape index (κ1) is 14.9. The third-order valence-electron chi connectivity index (χ3n) is 2.31. The fraction of sp³-hybridized carbons (Fsp3) is 0.833. The Labute approximate surface area is 97.4 Å². The van der Waals surface area contributed by atoms with Crippen molar-refractivity contribution in [2.45, 2.75) is 53.0 Å². The summed E-state index contributed by atoms with van der Waals surface area (Å²) in [6.45, 7) is 9.63. The van der Waals surface area contributed by atoms with Gasteiger partial charge < -0.3 is 10.4 Å². The molecule has 0 aliphatic carbocycles. The second kappa shape index (κ2) is 5.87. The molecule has 0 aliphatic heterocycles. The minimum atomic E-state index is -0.853. The summed E-state index contributed by atoms with van der Waals surface area (Å²) < 4.78 is 0. The van der Waals surface area contributed by atoms with Gasteiger partial charge in [0.25, 0.3) is 0 Å². The molecule has 16 heavy (non-hydrogen) atoms. The Morgan fingerprint density at radius 2 is 1.75 bits per heavy atom. The van der Waals surface area contributed by atoms with Crippen LogP contribution in [0.2, 0.25) is 0 Å². The Bertz CT molecular complexity index is 253. The molecule has 0 aromatic rings. The predicted molar refractivity (Wildman–Crippen MR) is 63.1 cm³/mol. The number of aliphatic carboxylic acids is 1. The van der Waals surface area contributed by atoms with E-state index in [-0.39, 0.29) is 29.7 Å². The molecule has 0 heterocycles. The zero-order valence-electron chi connectivity index (χ0n) is 10.8. The molecule has 1 unspecified atom stereocenters. The van der Waals surface area contributed by atoms with Gasteiger partial charge in [-0.3, -0.25) is 9.59 Å². The molecule has 0 radical (unpaired) electrons. The van der Waals surface area contributed by atoms with Crippen molar-refractivity contribution >= 4 is 11.9 Å². The lowest BCUT2D eigenvalue weighted by Gasteiger charge is -2.26. The summed E-state index contributed by atoms with van der Waals surface area (Å²) in [6.07, 6.45) is 0.440. The van der Waals surface area contributed by atoms with Crippen molar-refractivity contribution in [1.29, 1.82) is 0 Å². The normalized spacial score (nSPS) is 13.6. The van der Waals surface area contributed by atoms with Gasteiger partial charge in [-0.1, -0.05) is 13.8 Å². The molecule has 4 nitrogen and oxygen atoms in total. The fourth-order valence-electron chi connectivity index (χ4n) is 1.51. The zero-order valence-corrected chi connectivity index (χ0v) is 10.8. The van der Waals surface area contributed by atoms with E-state index in [2.05, 4.69) is 5.32 Å². The highest BCUT2D eigenvalue weighted by molar-refractivity contribution is 5.80. The van der Waals surface area contributed by atoms with Gasteiger partial charge in [-0.15, -0.1) is 0 Å². The van der Waals surface area contributed by atoms with Gasteiger partial charge in [-0.05, 0) is 33.1 Å². The largest absolute Gasteiger partial charge is 0.481 e. The Kier molecular flexibility index (Phi) is 5.48. The van der Waals surface area contributed by atoms with Crippen LogP contribution in [-0.2, 0) is 9.59 Å². The van der Waals surface area contributed by atoms with Crippen LogP contribution in [0.5, 0.6) is 0 Å². The van der Waals surface area contributed by atoms with E-state index in [1.54, 1.807) is 0 Å². The van der Waals surface area contributed by atoms with E-state index < -0.39 is 5.97 Å². The number of hydrogen-bond donors (Lipinski definition) is 2. The molecule has 0 bridgehead atoms. The fourth-order valence-corrected chi connectivity index (χ4v) is 1.51. The van der Waals surface area contributed by atoms with Crippen LogP contribution in [0, 0.1) is 11.8 Å². The van der Waals surface area contributed by atoms with Crippen LogP contribution in [0.1, 0.15) is 47.5 Å². The second-order valence-electron chi connectivity index (χ2n) is 5.52. The number of hydrogen-bond acceptors (Lipinski definition) is 2. The highest BCUT2D eigenvalue weighted by atomic mass is 16.4. The first-order valence-electron chi connectivity index (χ1n) is 5.67. The molecule has 0 saturated heterocycles. The van der Waals surface area contributed by atoms with E-state index in [9.17, 15) is 9.59 Å². The minimum absolute atomic E-state index is 0.0421. The molecule has 0 spiro atoms. The van der Waals surface area contributed by atoms with Gasteiger partial charge in [0.2, 0.25) is 5.91 Å². The van der Waals surface area contributed by atoms with Crippen molar-refractivity contribution in [3.8, 4) is 0 Å². The summed E-state index contributed by atoms with van der Waals surface area (Å²) in [4.78, 5) is 22.4. The SMILES string of the molecule is CC(C)C(CCC(=O)O)C(=O)NC(C)(C)C. The monoisotopic (exact) mass is 229 g/mol. The lowest BCUT2D eigenvalue weighted by molar-refractivity contribution is -0.137. The molecule has 4 heteroatoms. The van der Waals surface area contributed by atoms with E-state index in [0.29, 0.717) is 6.42 Å². The highest BCUT2D eigenvalue weighted by Gasteiger charge is 2.25. The maximum absolute atomic E-state index is 11.9. The van der Waals surface area contributed by atoms with Crippen molar-refractivity contribution in [3.05, 3.63) is 0 Å². The van der Waals surface area contributed by atoms with Crippen molar-refractivity contribution in [2.24, 2.45) is 11.8 Å². The van der Waals surface area contributed by atoms with Gasteiger partial charge in [0, 0.05) is 17.9 Å². The van der Waals surface area contributed by atoms with Gasteiger partial charge >= 0.3 is 5.97 Å². The highest BCUT2D eigenvalue weighted by Crippen LogP contribution is 2.18. The van der Waals surface area contributed by atoms with Crippen LogP contribution in [0.4, 0.5) is 0 Å². The van der Waals surface area contributed by atoms with E-state index in [1.807, 2.05) is 34.6 Å². The summed E-state index contributed by atoms with van der Waals surface area (Å²) in [5.41, 5.74) is -0.270. The van der Waals surface area contributed by atoms with Crippen molar-refractivity contribution in [2.75, 3.05) is 0 Å². The number of amides is 1. The van der Waals surface area contributed by atoms with Crippen LogP contribution in [0.25, 0.3) is 0 Å². The average molecular weight is 229 g/mol. The van der Waals surface area contributed by atoms with Crippen LogP contribution in [-0.4, -0.2) is 22.5 Å². The number of nitrogens with one attached hydrogen (secondary N) is 1. The molecule has 0 fully saturated rings. The van der Waals surface area contributed by atoms with E-state index in [4.69, 9.17) is 5.11 Å². The number of rotatable bonds is 5. The zero-order chi connectivity index (χ0) is 12.9. The van der Waals surface area contributed by atoms with Crippen LogP contribution in [0.15, 0.2) is 0 Å². The molecule has 1 atom stereocenters. The number of carbonyl (C=O) groups is 2. The number of carbonyl (C=O) groups excluding carboxylic acids is 1. The summed E-state index contributed by atoms with van der Waals surface area (Å²) in [7, 11) is 0. The van der Waals surface area contributed by atoms with E-state index >= 15 is 0 Å². The van der Waals surface area contributed by atoms with Crippen molar-refractivity contribution < 1.29 is 14.7 Å². The van der Waals surface area contributed by atoms with Gasteiger partial charge in [-0.25, -0.2) is 0 Å². The molecule has 0 aromatic carbocycles.